The molecule has 16 heavy (non-hydrogen) atoms. The van der Waals surface area contributed by atoms with Gasteiger partial charge in [-0.15, -0.1) is 0 Å². The Morgan fingerprint density at radius 1 is 1.50 bits per heavy atom. The van der Waals surface area contributed by atoms with E-state index in [1.807, 2.05) is 6.08 Å². The molecule has 1 amide bonds. The maximum atomic E-state index is 11.6. The van der Waals surface area contributed by atoms with Crippen molar-refractivity contribution in [3.8, 4) is 0 Å². The number of rotatable bonds is 5. The smallest absolute Gasteiger partial charge is 0.326 e. The summed E-state index contributed by atoms with van der Waals surface area (Å²) in [5, 5.41) is 11.5. The van der Waals surface area contributed by atoms with Gasteiger partial charge in [-0.2, -0.15) is 0 Å². The Balaban J connectivity index is 2.42. The van der Waals surface area contributed by atoms with Crippen LogP contribution in [0.4, 0.5) is 0 Å². The van der Waals surface area contributed by atoms with E-state index in [1.165, 1.54) is 0 Å². The number of nitrogens with one attached hydrogen (secondary N) is 1. The largest absolute Gasteiger partial charge is 0.480 e. The van der Waals surface area contributed by atoms with Crippen LogP contribution in [0, 0.1) is 11.8 Å². The minimum atomic E-state index is -0.967. The van der Waals surface area contributed by atoms with Crippen LogP contribution in [-0.4, -0.2) is 23.0 Å². The lowest BCUT2D eigenvalue weighted by atomic mass is 10.0. The van der Waals surface area contributed by atoms with Crippen molar-refractivity contribution in [1.82, 2.24) is 5.32 Å². The number of hydrogen-bond acceptors (Lipinski definition) is 2. The lowest BCUT2D eigenvalue weighted by Crippen LogP contribution is -2.44. The van der Waals surface area contributed by atoms with E-state index in [2.05, 4.69) is 11.4 Å². The number of hydrogen-bond donors (Lipinski definition) is 2. The molecule has 0 bridgehead atoms. The van der Waals surface area contributed by atoms with Crippen LogP contribution in [0.3, 0.4) is 0 Å². The summed E-state index contributed by atoms with van der Waals surface area (Å²) < 4.78 is 0. The summed E-state index contributed by atoms with van der Waals surface area (Å²) in [4.78, 5) is 22.5. The van der Waals surface area contributed by atoms with Crippen LogP contribution in [0.1, 0.15) is 33.1 Å². The maximum absolute atomic E-state index is 11.6. The van der Waals surface area contributed by atoms with Crippen LogP contribution >= 0.6 is 0 Å². The molecule has 0 aromatic carbocycles. The second kappa shape index (κ2) is 5.68. The Bertz CT molecular complexity index is 297. The van der Waals surface area contributed by atoms with E-state index in [0.29, 0.717) is 6.42 Å². The molecule has 0 aliphatic heterocycles. The number of aliphatic carboxylic acids is 1. The molecule has 4 heteroatoms. The van der Waals surface area contributed by atoms with Crippen LogP contribution in [0.5, 0.6) is 0 Å². The Hall–Kier alpha value is -1.32. The molecule has 2 N–H and O–H groups in total. The van der Waals surface area contributed by atoms with E-state index in [0.717, 1.165) is 12.8 Å². The highest BCUT2D eigenvalue weighted by Gasteiger charge is 2.24. The standard InChI is InChI=1S/C12H19NO3/c1-8(2)11(12(15)16)13-10(14)7-9-5-3-4-6-9/h3,5,8-9,11H,4,6-7H2,1-2H3,(H,13,14)(H,15,16)/t9?,11-/m0/s1. The van der Waals surface area contributed by atoms with Gasteiger partial charge in [-0.05, 0) is 24.7 Å². The minimum absolute atomic E-state index is 0.0967. The van der Waals surface area contributed by atoms with Crippen molar-refractivity contribution >= 4 is 11.9 Å². The van der Waals surface area contributed by atoms with Gasteiger partial charge >= 0.3 is 5.97 Å². The number of carboxylic acid groups (broad SMARTS) is 1. The predicted octanol–water partition coefficient (Wildman–Crippen LogP) is 1.57. The van der Waals surface area contributed by atoms with Crippen LogP contribution in [0.25, 0.3) is 0 Å². The molecule has 0 fully saturated rings. The van der Waals surface area contributed by atoms with Gasteiger partial charge in [-0.25, -0.2) is 4.79 Å². The molecule has 2 atom stereocenters. The fourth-order valence-electron chi connectivity index (χ4n) is 1.85. The zero-order chi connectivity index (χ0) is 12.1. The van der Waals surface area contributed by atoms with Crippen molar-refractivity contribution in [1.29, 1.82) is 0 Å². The van der Waals surface area contributed by atoms with Crippen LogP contribution in [0.2, 0.25) is 0 Å². The zero-order valence-corrected chi connectivity index (χ0v) is 9.77. The molecule has 4 nitrogen and oxygen atoms in total. The molecule has 0 aromatic rings. The van der Waals surface area contributed by atoms with Gasteiger partial charge in [0.15, 0.2) is 0 Å². The Morgan fingerprint density at radius 3 is 2.62 bits per heavy atom. The molecule has 1 unspecified atom stereocenters. The van der Waals surface area contributed by atoms with Crippen molar-refractivity contribution in [2.24, 2.45) is 11.8 Å². The Morgan fingerprint density at radius 2 is 2.19 bits per heavy atom. The van der Waals surface area contributed by atoms with E-state index >= 15 is 0 Å². The molecule has 1 aliphatic carbocycles. The van der Waals surface area contributed by atoms with Gasteiger partial charge in [0.2, 0.25) is 5.91 Å². The van der Waals surface area contributed by atoms with Gasteiger partial charge in [-0.3, -0.25) is 4.79 Å². The summed E-state index contributed by atoms with van der Waals surface area (Å²) in [6, 6.07) is -0.780. The predicted molar refractivity (Wildman–Crippen MR) is 60.9 cm³/mol. The molecule has 0 saturated carbocycles. The van der Waals surface area contributed by atoms with Gasteiger partial charge in [0.05, 0.1) is 0 Å². The van der Waals surface area contributed by atoms with Crippen molar-refractivity contribution in [3.05, 3.63) is 12.2 Å². The number of carbonyl (C=O) groups is 2. The first-order valence-electron chi connectivity index (χ1n) is 5.69. The SMILES string of the molecule is CC(C)[C@H](NC(=O)CC1C=CCC1)C(=O)O. The van der Waals surface area contributed by atoms with E-state index in [1.54, 1.807) is 13.8 Å². The summed E-state index contributed by atoms with van der Waals surface area (Å²) in [6.45, 7) is 3.57. The third-order valence-corrected chi connectivity index (χ3v) is 2.81. The molecular formula is C12H19NO3. The average molecular weight is 225 g/mol. The summed E-state index contributed by atoms with van der Waals surface area (Å²) in [5.41, 5.74) is 0. The lowest BCUT2D eigenvalue weighted by Gasteiger charge is -2.18. The first kappa shape index (κ1) is 12.7. The van der Waals surface area contributed by atoms with Crippen LogP contribution in [-0.2, 0) is 9.59 Å². The Labute approximate surface area is 95.7 Å². The molecule has 0 aromatic heterocycles. The van der Waals surface area contributed by atoms with Crippen molar-refractivity contribution in [2.45, 2.75) is 39.2 Å². The van der Waals surface area contributed by atoms with Gasteiger partial charge in [-0.1, -0.05) is 26.0 Å². The third-order valence-electron chi connectivity index (χ3n) is 2.81. The third kappa shape index (κ3) is 3.68. The molecule has 0 saturated heterocycles. The molecular weight excluding hydrogens is 206 g/mol. The topological polar surface area (TPSA) is 66.4 Å². The Kier molecular flexibility index (Phi) is 4.52. The molecule has 1 rings (SSSR count). The highest BCUT2D eigenvalue weighted by atomic mass is 16.4. The van der Waals surface area contributed by atoms with E-state index in [4.69, 9.17) is 5.11 Å². The normalized spacial score (nSPS) is 21.1. The fourth-order valence-corrected chi connectivity index (χ4v) is 1.85. The number of amides is 1. The second-order valence-electron chi connectivity index (χ2n) is 4.60. The summed E-state index contributed by atoms with van der Waals surface area (Å²) in [6.07, 6.45) is 6.50. The van der Waals surface area contributed by atoms with Gasteiger partial charge in [0.1, 0.15) is 6.04 Å². The summed E-state index contributed by atoms with van der Waals surface area (Å²) in [7, 11) is 0. The first-order chi connectivity index (χ1) is 7.50. The molecule has 90 valence electrons. The first-order valence-corrected chi connectivity index (χ1v) is 5.69. The van der Waals surface area contributed by atoms with Gasteiger partial charge in [0.25, 0.3) is 0 Å². The second-order valence-corrected chi connectivity index (χ2v) is 4.60. The van der Waals surface area contributed by atoms with Crippen molar-refractivity contribution < 1.29 is 14.7 Å². The minimum Gasteiger partial charge on any atom is -0.480 e. The highest BCUT2D eigenvalue weighted by molar-refractivity contribution is 5.83. The summed E-state index contributed by atoms with van der Waals surface area (Å²) >= 11 is 0. The number of allylic oxidation sites excluding steroid dienone is 2. The summed E-state index contributed by atoms with van der Waals surface area (Å²) in [5.74, 6) is -0.954. The molecule has 0 radical (unpaired) electrons. The maximum Gasteiger partial charge on any atom is 0.326 e. The van der Waals surface area contributed by atoms with Crippen molar-refractivity contribution in [2.75, 3.05) is 0 Å². The van der Waals surface area contributed by atoms with E-state index in [-0.39, 0.29) is 17.7 Å². The number of carboxylic acids is 1. The zero-order valence-electron chi connectivity index (χ0n) is 9.77. The van der Waals surface area contributed by atoms with Gasteiger partial charge in [0, 0.05) is 6.42 Å². The average Bonchev–Trinajstić information content (AvgIpc) is 2.65. The lowest BCUT2D eigenvalue weighted by molar-refractivity contribution is -0.143. The molecule has 0 heterocycles. The number of carbonyl (C=O) groups excluding carboxylic acids is 1. The molecule has 0 spiro atoms. The van der Waals surface area contributed by atoms with Gasteiger partial charge < -0.3 is 10.4 Å². The highest BCUT2D eigenvalue weighted by Crippen LogP contribution is 2.20. The van der Waals surface area contributed by atoms with Crippen LogP contribution < -0.4 is 5.32 Å². The quantitative estimate of drug-likeness (QED) is 0.698. The monoisotopic (exact) mass is 225 g/mol. The van der Waals surface area contributed by atoms with Crippen LogP contribution in [0.15, 0.2) is 12.2 Å². The van der Waals surface area contributed by atoms with E-state index < -0.39 is 12.0 Å². The molecule has 1 aliphatic rings. The van der Waals surface area contributed by atoms with E-state index in [9.17, 15) is 9.59 Å². The fraction of sp³-hybridized carbons (Fsp3) is 0.667. The van der Waals surface area contributed by atoms with Crippen molar-refractivity contribution in [3.63, 3.8) is 0 Å².